The fraction of sp³-hybridized carbons (Fsp3) is 0.286. The van der Waals surface area contributed by atoms with Crippen molar-refractivity contribution in [3.8, 4) is 5.75 Å². The molecule has 0 aliphatic carbocycles. The number of para-hydroxylation sites is 1. The monoisotopic (exact) mass is 397 g/mol. The zero-order chi connectivity index (χ0) is 19.8. The van der Waals surface area contributed by atoms with Gasteiger partial charge in [0.1, 0.15) is 5.75 Å². The van der Waals surface area contributed by atoms with Gasteiger partial charge in [-0.1, -0.05) is 41.6 Å². The van der Waals surface area contributed by atoms with E-state index in [9.17, 15) is 4.79 Å². The second kappa shape index (κ2) is 9.94. The molecule has 0 saturated carbocycles. The van der Waals surface area contributed by atoms with Crippen LogP contribution in [0.25, 0.3) is 0 Å². The van der Waals surface area contributed by atoms with Crippen LogP contribution in [0.5, 0.6) is 5.75 Å². The molecule has 1 aromatic heterocycles. The van der Waals surface area contributed by atoms with Gasteiger partial charge in [0.15, 0.2) is 12.4 Å². The third-order valence-corrected chi connectivity index (χ3v) is 5.15. The Labute approximate surface area is 168 Å². The molecular formula is C21H23N3O3S. The lowest BCUT2D eigenvalue weighted by molar-refractivity contribution is -0.127. The summed E-state index contributed by atoms with van der Waals surface area (Å²) in [5.74, 6) is 2.26. The first-order chi connectivity index (χ1) is 13.6. The summed E-state index contributed by atoms with van der Waals surface area (Å²) in [6.45, 7) is 2.74. The molecule has 1 heterocycles. The first kappa shape index (κ1) is 19.9. The van der Waals surface area contributed by atoms with E-state index in [0.717, 1.165) is 16.2 Å². The van der Waals surface area contributed by atoms with E-state index in [1.165, 1.54) is 11.8 Å². The lowest BCUT2D eigenvalue weighted by Gasteiger charge is -2.15. The molecule has 6 nitrogen and oxygen atoms in total. The first-order valence-corrected chi connectivity index (χ1v) is 10.0. The van der Waals surface area contributed by atoms with Crippen LogP contribution in [0.15, 0.2) is 64.0 Å². The number of hydrogen-bond donors (Lipinski definition) is 0. The Morgan fingerprint density at radius 1 is 1.14 bits per heavy atom. The van der Waals surface area contributed by atoms with Gasteiger partial charge in [0.2, 0.25) is 5.91 Å². The van der Waals surface area contributed by atoms with Gasteiger partial charge < -0.3 is 14.2 Å². The quantitative estimate of drug-likeness (QED) is 0.512. The van der Waals surface area contributed by atoms with Crippen molar-refractivity contribution >= 4 is 17.7 Å². The average Bonchev–Trinajstić information content (AvgIpc) is 3.18. The topological polar surface area (TPSA) is 68.5 Å². The van der Waals surface area contributed by atoms with Gasteiger partial charge in [-0.25, -0.2) is 0 Å². The number of nitrogens with zero attached hydrogens (tertiary/aromatic N) is 3. The van der Waals surface area contributed by atoms with E-state index < -0.39 is 0 Å². The molecule has 1 amide bonds. The van der Waals surface area contributed by atoms with Crippen molar-refractivity contribution in [2.45, 2.75) is 24.8 Å². The van der Waals surface area contributed by atoms with Crippen molar-refractivity contribution in [1.82, 2.24) is 15.0 Å². The van der Waals surface area contributed by atoms with Gasteiger partial charge in [0.05, 0.1) is 5.75 Å². The minimum Gasteiger partial charge on any atom is -0.483 e. The number of carbonyl (C=O) groups excluding carboxylic acids is 1. The van der Waals surface area contributed by atoms with E-state index >= 15 is 0 Å². The van der Waals surface area contributed by atoms with Gasteiger partial charge in [0, 0.05) is 24.9 Å². The van der Waals surface area contributed by atoms with Crippen molar-refractivity contribution in [1.29, 1.82) is 0 Å². The first-order valence-electron chi connectivity index (χ1n) is 9.03. The van der Waals surface area contributed by atoms with Gasteiger partial charge in [0.25, 0.3) is 5.89 Å². The number of likely N-dealkylation sites (N-methyl/N-ethyl adjacent to an activating group) is 1. The summed E-state index contributed by atoms with van der Waals surface area (Å²) in [5, 5.41) is 3.97. The minimum atomic E-state index is 0.0699. The maximum atomic E-state index is 12.3. The second-order valence-corrected chi connectivity index (χ2v) is 7.37. The van der Waals surface area contributed by atoms with E-state index in [2.05, 4.69) is 10.1 Å². The second-order valence-electron chi connectivity index (χ2n) is 6.33. The number of ether oxygens (including phenoxy) is 1. The molecule has 7 heteroatoms. The molecule has 2 aromatic carbocycles. The standard InChI is InChI=1S/C21H23N3O3S/c1-16-8-6-7-11-18(16)26-14-20-22-19(23-27-20)12-13-24(2)21(25)15-28-17-9-4-3-5-10-17/h3-11H,12-15H2,1-2H3. The SMILES string of the molecule is Cc1ccccc1OCc1nc(CCN(C)C(=O)CSc2ccccc2)no1. The smallest absolute Gasteiger partial charge is 0.264 e. The van der Waals surface area contributed by atoms with Crippen LogP contribution >= 0.6 is 11.8 Å². The normalized spacial score (nSPS) is 10.6. The van der Waals surface area contributed by atoms with Crippen LogP contribution in [0.3, 0.4) is 0 Å². The van der Waals surface area contributed by atoms with Crippen LogP contribution < -0.4 is 4.74 Å². The van der Waals surface area contributed by atoms with Gasteiger partial charge >= 0.3 is 0 Å². The Morgan fingerprint density at radius 2 is 1.89 bits per heavy atom. The van der Waals surface area contributed by atoms with E-state index in [0.29, 0.717) is 30.4 Å². The Morgan fingerprint density at radius 3 is 2.68 bits per heavy atom. The number of amides is 1. The summed E-state index contributed by atoms with van der Waals surface area (Å²) < 4.78 is 10.9. The van der Waals surface area contributed by atoms with Crippen LogP contribution in [0.1, 0.15) is 17.3 Å². The predicted octanol–water partition coefficient (Wildman–Crippen LogP) is 3.75. The van der Waals surface area contributed by atoms with E-state index in [-0.39, 0.29) is 12.5 Å². The fourth-order valence-corrected chi connectivity index (χ4v) is 3.33. The molecule has 0 unspecified atom stereocenters. The number of benzene rings is 2. The van der Waals surface area contributed by atoms with Crippen LogP contribution in [0, 0.1) is 6.92 Å². The summed E-state index contributed by atoms with van der Waals surface area (Å²) in [4.78, 5) is 19.4. The Balaban J connectivity index is 1.42. The number of thioether (sulfide) groups is 1. The van der Waals surface area contributed by atoms with E-state index in [1.54, 1.807) is 11.9 Å². The van der Waals surface area contributed by atoms with Gasteiger partial charge in [-0.05, 0) is 30.7 Å². The molecule has 0 saturated heterocycles. The number of aromatic nitrogens is 2. The van der Waals surface area contributed by atoms with Crippen LogP contribution in [-0.2, 0) is 17.8 Å². The summed E-state index contributed by atoms with van der Waals surface area (Å²) in [7, 11) is 1.79. The molecule has 146 valence electrons. The lowest BCUT2D eigenvalue weighted by Crippen LogP contribution is -2.30. The van der Waals surface area contributed by atoms with Crippen LogP contribution in [0.2, 0.25) is 0 Å². The largest absolute Gasteiger partial charge is 0.483 e. The Kier molecular flexibility index (Phi) is 7.08. The van der Waals surface area contributed by atoms with Crippen molar-refractivity contribution < 1.29 is 14.1 Å². The highest BCUT2D eigenvalue weighted by atomic mass is 32.2. The van der Waals surface area contributed by atoms with Crippen LogP contribution in [-0.4, -0.2) is 40.3 Å². The average molecular weight is 398 g/mol. The van der Waals surface area contributed by atoms with Crippen molar-refractivity contribution in [3.05, 3.63) is 71.9 Å². The highest BCUT2D eigenvalue weighted by Gasteiger charge is 2.12. The molecule has 28 heavy (non-hydrogen) atoms. The molecule has 0 spiro atoms. The maximum absolute atomic E-state index is 12.3. The van der Waals surface area contributed by atoms with Gasteiger partial charge in [-0.3, -0.25) is 4.79 Å². The number of carbonyl (C=O) groups is 1. The third-order valence-electron chi connectivity index (χ3n) is 4.16. The van der Waals surface area contributed by atoms with Gasteiger partial charge in [-0.2, -0.15) is 4.98 Å². The Hall–Kier alpha value is -2.80. The van der Waals surface area contributed by atoms with E-state index in [1.807, 2.05) is 61.5 Å². The lowest BCUT2D eigenvalue weighted by atomic mass is 10.2. The predicted molar refractivity (Wildman–Crippen MR) is 108 cm³/mol. The summed E-state index contributed by atoms with van der Waals surface area (Å²) in [5.41, 5.74) is 1.05. The van der Waals surface area contributed by atoms with Gasteiger partial charge in [-0.15, -0.1) is 11.8 Å². The van der Waals surface area contributed by atoms with Crippen molar-refractivity contribution in [3.63, 3.8) is 0 Å². The Bertz CT molecular complexity index is 899. The summed E-state index contributed by atoms with van der Waals surface area (Å²) in [6, 6.07) is 17.7. The molecule has 0 fully saturated rings. The molecule has 3 rings (SSSR count). The van der Waals surface area contributed by atoms with E-state index in [4.69, 9.17) is 9.26 Å². The number of hydrogen-bond acceptors (Lipinski definition) is 6. The minimum absolute atomic E-state index is 0.0699. The van der Waals surface area contributed by atoms with Crippen LogP contribution in [0.4, 0.5) is 0 Å². The van der Waals surface area contributed by atoms with Crippen molar-refractivity contribution in [2.75, 3.05) is 19.3 Å². The molecule has 0 atom stereocenters. The molecular weight excluding hydrogens is 374 g/mol. The molecule has 0 aliphatic rings. The highest BCUT2D eigenvalue weighted by Crippen LogP contribution is 2.18. The third kappa shape index (κ3) is 5.85. The number of rotatable bonds is 9. The highest BCUT2D eigenvalue weighted by molar-refractivity contribution is 8.00. The zero-order valence-corrected chi connectivity index (χ0v) is 16.8. The summed E-state index contributed by atoms with van der Waals surface area (Å²) >= 11 is 1.53. The number of aryl methyl sites for hydroxylation is 1. The zero-order valence-electron chi connectivity index (χ0n) is 16.0. The van der Waals surface area contributed by atoms with Crippen molar-refractivity contribution in [2.24, 2.45) is 0 Å². The molecule has 3 aromatic rings. The summed E-state index contributed by atoms with van der Waals surface area (Å²) in [6.07, 6.45) is 0.534. The fourth-order valence-electron chi connectivity index (χ4n) is 2.47. The molecule has 0 N–H and O–H groups in total. The molecule has 0 aliphatic heterocycles. The molecule has 0 bridgehead atoms. The maximum Gasteiger partial charge on any atom is 0.264 e. The molecule has 0 radical (unpaired) electrons.